The molecular weight excluding hydrogens is 437 g/mol. The van der Waals surface area contributed by atoms with E-state index in [-0.39, 0.29) is 23.5 Å². The standard InChI is InChI=1S/C22H18FN3O3S2/c1-12(13-5-6-15-16(9-13)29-8-7-28-15)26-18(27)10-30-22-21-20(24-11-25-22)19-14(23)3-2-4-17(19)31-21/h2-6,9,11-12H,7-8,10H2,1H3,(H,26,27)/t12-/m0/s1. The molecule has 31 heavy (non-hydrogen) atoms. The van der Waals surface area contributed by atoms with Crippen molar-refractivity contribution in [3.05, 3.63) is 54.1 Å². The third-order valence-electron chi connectivity index (χ3n) is 4.98. The molecule has 1 aliphatic heterocycles. The van der Waals surface area contributed by atoms with Crippen molar-refractivity contribution in [2.24, 2.45) is 0 Å². The highest BCUT2D eigenvalue weighted by molar-refractivity contribution is 8.00. The highest BCUT2D eigenvalue weighted by atomic mass is 32.2. The zero-order valence-corrected chi connectivity index (χ0v) is 18.2. The Labute approximate surface area is 185 Å². The summed E-state index contributed by atoms with van der Waals surface area (Å²) in [7, 11) is 0. The third kappa shape index (κ3) is 3.90. The topological polar surface area (TPSA) is 73.3 Å². The van der Waals surface area contributed by atoms with Gasteiger partial charge in [0.25, 0.3) is 0 Å². The molecule has 2 aromatic heterocycles. The van der Waals surface area contributed by atoms with Gasteiger partial charge in [0.15, 0.2) is 11.5 Å². The summed E-state index contributed by atoms with van der Waals surface area (Å²) in [6, 6.07) is 10.5. The molecule has 6 nitrogen and oxygen atoms in total. The maximum absolute atomic E-state index is 14.3. The van der Waals surface area contributed by atoms with Crippen molar-refractivity contribution in [2.75, 3.05) is 19.0 Å². The molecule has 9 heteroatoms. The number of rotatable bonds is 5. The second-order valence-corrected chi connectivity index (χ2v) is 9.07. The summed E-state index contributed by atoms with van der Waals surface area (Å²) < 4.78 is 27.0. The Morgan fingerprint density at radius 2 is 2.06 bits per heavy atom. The number of amides is 1. The minimum Gasteiger partial charge on any atom is -0.486 e. The minimum absolute atomic E-state index is 0.119. The van der Waals surface area contributed by atoms with Gasteiger partial charge in [-0.25, -0.2) is 14.4 Å². The van der Waals surface area contributed by atoms with Crippen LogP contribution in [0.4, 0.5) is 4.39 Å². The predicted molar refractivity (Wildman–Crippen MR) is 120 cm³/mol. The fourth-order valence-electron chi connectivity index (χ4n) is 3.49. The summed E-state index contributed by atoms with van der Waals surface area (Å²) in [5.74, 6) is 1.18. The Kier molecular flexibility index (Phi) is 5.37. The molecule has 1 amide bonds. The van der Waals surface area contributed by atoms with Crippen LogP contribution < -0.4 is 14.8 Å². The lowest BCUT2D eigenvalue weighted by atomic mass is 10.1. The summed E-state index contributed by atoms with van der Waals surface area (Å²) in [6.07, 6.45) is 1.42. The molecule has 5 rings (SSSR count). The maximum atomic E-state index is 14.3. The van der Waals surface area contributed by atoms with Crippen LogP contribution in [0.15, 0.2) is 47.8 Å². The van der Waals surface area contributed by atoms with E-state index in [1.54, 1.807) is 6.07 Å². The molecular formula is C22H18FN3O3S2. The minimum atomic E-state index is -0.301. The lowest BCUT2D eigenvalue weighted by Gasteiger charge is -2.21. The van der Waals surface area contributed by atoms with Crippen molar-refractivity contribution in [3.8, 4) is 11.5 Å². The first-order valence-corrected chi connectivity index (χ1v) is 11.5. The Hall–Kier alpha value is -2.91. The van der Waals surface area contributed by atoms with Crippen LogP contribution in [0.2, 0.25) is 0 Å². The van der Waals surface area contributed by atoms with Crippen molar-refractivity contribution in [3.63, 3.8) is 0 Å². The van der Waals surface area contributed by atoms with E-state index in [1.807, 2.05) is 31.2 Å². The number of fused-ring (bicyclic) bond motifs is 4. The molecule has 1 aliphatic rings. The fraction of sp³-hybridized carbons (Fsp3) is 0.227. The second kappa shape index (κ2) is 8.32. The Balaban J connectivity index is 1.29. The SMILES string of the molecule is C[C@H](NC(=O)CSc1ncnc2c1sc1cccc(F)c12)c1ccc2c(c1)OCCO2. The van der Waals surface area contributed by atoms with E-state index in [1.165, 1.54) is 35.5 Å². The highest BCUT2D eigenvalue weighted by Crippen LogP contribution is 2.38. The number of hydrogen-bond acceptors (Lipinski definition) is 7. The molecule has 3 heterocycles. The molecule has 0 bridgehead atoms. The van der Waals surface area contributed by atoms with Crippen LogP contribution in [0, 0.1) is 5.82 Å². The molecule has 1 N–H and O–H groups in total. The molecule has 0 saturated heterocycles. The number of nitrogens with one attached hydrogen (secondary N) is 1. The Morgan fingerprint density at radius 1 is 1.23 bits per heavy atom. The van der Waals surface area contributed by atoms with Gasteiger partial charge < -0.3 is 14.8 Å². The number of nitrogens with zero attached hydrogens (tertiary/aromatic N) is 2. The first-order chi connectivity index (χ1) is 15.1. The predicted octanol–water partition coefficient (Wildman–Crippen LogP) is 4.72. The number of carbonyl (C=O) groups excluding carboxylic acids is 1. The summed E-state index contributed by atoms with van der Waals surface area (Å²) in [4.78, 5) is 21.1. The van der Waals surface area contributed by atoms with Crippen LogP contribution in [-0.4, -0.2) is 34.8 Å². The lowest BCUT2D eigenvalue weighted by molar-refractivity contribution is -0.119. The second-order valence-electron chi connectivity index (χ2n) is 7.05. The number of thiophene rings is 1. The molecule has 0 saturated carbocycles. The molecule has 158 valence electrons. The van der Waals surface area contributed by atoms with Gasteiger partial charge >= 0.3 is 0 Å². The first-order valence-electron chi connectivity index (χ1n) is 9.73. The number of benzene rings is 2. The quantitative estimate of drug-likeness (QED) is 0.347. The largest absolute Gasteiger partial charge is 0.486 e. The van der Waals surface area contributed by atoms with Crippen LogP contribution in [-0.2, 0) is 4.79 Å². The van der Waals surface area contributed by atoms with Crippen LogP contribution >= 0.6 is 23.1 Å². The number of halogens is 1. The van der Waals surface area contributed by atoms with Gasteiger partial charge in [-0.2, -0.15) is 0 Å². The smallest absolute Gasteiger partial charge is 0.230 e. The van der Waals surface area contributed by atoms with E-state index in [0.717, 1.165) is 20.7 Å². The summed E-state index contributed by atoms with van der Waals surface area (Å²) in [5.41, 5.74) is 1.52. The monoisotopic (exact) mass is 455 g/mol. The van der Waals surface area contributed by atoms with Gasteiger partial charge in [0.1, 0.15) is 30.4 Å². The number of ether oxygens (including phenoxy) is 2. The fourth-order valence-corrected chi connectivity index (χ4v) is 5.55. The molecule has 0 aliphatic carbocycles. The number of thioether (sulfide) groups is 1. The maximum Gasteiger partial charge on any atom is 0.230 e. The van der Waals surface area contributed by atoms with Crippen LogP contribution in [0.25, 0.3) is 20.3 Å². The average Bonchev–Trinajstić information content (AvgIpc) is 3.18. The van der Waals surface area contributed by atoms with E-state index in [9.17, 15) is 9.18 Å². The van der Waals surface area contributed by atoms with Gasteiger partial charge in [-0.05, 0) is 36.8 Å². The highest BCUT2D eigenvalue weighted by Gasteiger charge is 2.18. The van der Waals surface area contributed by atoms with Crippen LogP contribution in [0.5, 0.6) is 11.5 Å². The van der Waals surface area contributed by atoms with Crippen molar-refractivity contribution >= 4 is 49.3 Å². The van der Waals surface area contributed by atoms with E-state index < -0.39 is 0 Å². The van der Waals surface area contributed by atoms with Gasteiger partial charge in [0, 0.05) is 4.70 Å². The van der Waals surface area contributed by atoms with Gasteiger partial charge in [-0.1, -0.05) is 23.9 Å². The summed E-state index contributed by atoms with van der Waals surface area (Å²) in [6.45, 7) is 2.98. The third-order valence-corrected chi connectivity index (χ3v) is 7.25. The van der Waals surface area contributed by atoms with Gasteiger partial charge in [-0.15, -0.1) is 11.3 Å². The lowest BCUT2D eigenvalue weighted by Crippen LogP contribution is -2.28. The Morgan fingerprint density at radius 3 is 2.94 bits per heavy atom. The molecule has 2 aromatic carbocycles. The molecule has 4 aromatic rings. The number of carbonyl (C=O) groups is 1. The molecule has 0 unspecified atom stereocenters. The number of aromatic nitrogens is 2. The first kappa shape index (κ1) is 20.0. The zero-order chi connectivity index (χ0) is 21.4. The van der Waals surface area contributed by atoms with Crippen molar-refractivity contribution < 1.29 is 18.7 Å². The van der Waals surface area contributed by atoms with Crippen molar-refractivity contribution in [1.29, 1.82) is 0 Å². The normalized spacial score (nSPS) is 14.0. The van der Waals surface area contributed by atoms with Gasteiger partial charge in [-0.3, -0.25) is 4.79 Å². The summed E-state index contributed by atoms with van der Waals surface area (Å²) >= 11 is 2.75. The van der Waals surface area contributed by atoms with Crippen molar-refractivity contribution in [1.82, 2.24) is 15.3 Å². The number of hydrogen-bond donors (Lipinski definition) is 1. The van der Waals surface area contributed by atoms with E-state index >= 15 is 0 Å². The Bertz CT molecular complexity index is 1290. The molecule has 0 fully saturated rings. The molecule has 0 spiro atoms. The summed E-state index contributed by atoms with van der Waals surface area (Å²) in [5, 5.41) is 4.18. The van der Waals surface area contributed by atoms with Gasteiger partial charge in [0.05, 0.1) is 27.4 Å². The van der Waals surface area contributed by atoms with Crippen LogP contribution in [0.1, 0.15) is 18.5 Å². The van der Waals surface area contributed by atoms with E-state index in [0.29, 0.717) is 34.9 Å². The zero-order valence-electron chi connectivity index (χ0n) is 16.6. The molecule has 0 radical (unpaired) electrons. The van der Waals surface area contributed by atoms with Crippen LogP contribution in [0.3, 0.4) is 0 Å². The van der Waals surface area contributed by atoms with Gasteiger partial charge in [0.2, 0.25) is 5.91 Å². The van der Waals surface area contributed by atoms with E-state index in [2.05, 4.69) is 15.3 Å². The average molecular weight is 456 g/mol. The van der Waals surface area contributed by atoms with Crippen molar-refractivity contribution in [2.45, 2.75) is 18.0 Å². The van der Waals surface area contributed by atoms with E-state index in [4.69, 9.17) is 9.47 Å². The molecule has 1 atom stereocenters.